The fraction of sp³-hybridized carbons (Fsp3) is 0.600. The summed E-state index contributed by atoms with van der Waals surface area (Å²) in [5.41, 5.74) is 8.83. The van der Waals surface area contributed by atoms with Crippen LogP contribution in [0.2, 0.25) is 0 Å². The first-order chi connectivity index (χ1) is 7.58. The molecule has 0 heterocycles. The van der Waals surface area contributed by atoms with Crippen molar-refractivity contribution >= 4 is 0 Å². The molecular formula is C15H25N. The fourth-order valence-corrected chi connectivity index (χ4v) is 1.80. The van der Waals surface area contributed by atoms with E-state index in [-0.39, 0.29) is 0 Å². The van der Waals surface area contributed by atoms with Crippen LogP contribution in [0.4, 0.5) is 0 Å². The molecule has 2 N–H and O–H groups in total. The molecule has 0 aliphatic rings. The van der Waals surface area contributed by atoms with E-state index >= 15 is 0 Å². The van der Waals surface area contributed by atoms with Gasteiger partial charge in [0.2, 0.25) is 0 Å². The van der Waals surface area contributed by atoms with E-state index in [1.54, 1.807) is 0 Å². The lowest BCUT2D eigenvalue weighted by atomic mass is 9.98. The number of hydrogen-bond donors (Lipinski definition) is 1. The van der Waals surface area contributed by atoms with Gasteiger partial charge in [-0.2, -0.15) is 0 Å². The van der Waals surface area contributed by atoms with Gasteiger partial charge in [0.15, 0.2) is 0 Å². The highest BCUT2D eigenvalue weighted by Gasteiger charge is 2.04. The molecule has 0 amide bonds. The van der Waals surface area contributed by atoms with Gasteiger partial charge >= 0.3 is 0 Å². The topological polar surface area (TPSA) is 26.0 Å². The van der Waals surface area contributed by atoms with Gasteiger partial charge in [-0.1, -0.05) is 43.7 Å². The van der Waals surface area contributed by atoms with Crippen molar-refractivity contribution in [3.05, 3.63) is 35.4 Å². The van der Waals surface area contributed by atoms with Crippen LogP contribution in [-0.4, -0.2) is 6.04 Å². The number of hydrogen-bond acceptors (Lipinski definition) is 1. The quantitative estimate of drug-likeness (QED) is 0.776. The monoisotopic (exact) mass is 219 g/mol. The van der Waals surface area contributed by atoms with Crippen LogP contribution in [-0.2, 0) is 6.42 Å². The summed E-state index contributed by atoms with van der Waals surface area (Å²) in [6, 6.07) is 9.14. The first-order valence-electron chi connectivity index (χ1n) is 6.39. The van der Waals surface area contributed by atoms with Gasteiger partial charge in [-0.05, 0) is 44.1 Å². The van der Waals surface area contributed by atoms with E-state index in [1.165, 1.54) is 17.5 Å². The van der Waals surface area contributed by atoms with Crippen molar-refractivity contribution in [3.8, 4) is 0 Å². The molecule has 90 valence electrons. The number of benzene rings is 1. The van der Waals surface area contributed by atoms with Gasteiger partial charge in [-0.25, -0.2) is 0 Å². The summed E-state index contributed by atoms with van der Waals surface area (Å²) in [4.78, 5) is 0. The molecule has 0 saturated heterocycles. The van der Waals surface area contributed by atoms with Crippen LogP contribution in [0, 0.1) is 12.8 Å². The Kier molecular flexibility index (Phi) is 5.54. The van der Waals surface area contributed by atoms with Gasteiger partial charge in [-0.15, -0.1) is 0 Å². The summed E-state index contributed by atoms with van der Waals surface area (Å²) < 4.78 is 0. The SMILES string of the molecule is Cc1ccc(CCC(N)CCC(C)C)cc1. The van der Waals surface area contributed by atoms with Crippen molar-refractivity contribution in [2.45, 2.75) is 52.5 Å². The minimum absolute atomic E-state index is 0.365. The van der Waals surface area contributed by atoms with Crippen molar-refractivity contribution < 1.29 is 0 Å². The predicted octanol–water partition coefficient (Wildman–Crippen LogP) is 3.69. The maximum atomic E-state index is 6.10. The highest BCUT2D eigenvalue weighted by Crippen LogP contribution is 2.11. The molecule has 1 nitrogen and oxygen atoms in total. The Balaban J connectivity index is 2.26. The lowest BCUT2D eigenvalue weighted by molar-refractivity contribution is 0.478. The van der Waals surface area contributed by atoms with Crippen molar-refractivity contribution in [1.29, 1.82) is 0 Å². The van der Waals surface area contributed by atoms with Crippen LogP contribution < -0.4 is 5.73 Å². The van der Waals surface area contributed by atoms with Gasteiger partial charge in [-0.3, -0.25) is 0 Å². The average Bonchev–Trinajstić information content (AvgIpc) is 2.25. The zero-order chi connectivity index (χ0) is 12.0. The van der Waals surface area contributed by atoms with Crippen LogP contribution in [0.15, 0.2) is 24.3 Å². The second kappa shape index (κ2) is 6.70. The Bertz CT molecular complexity index is 287. The first-order valence-corrected chi connectivity index (χ1v) is 6.39. The van der Waals surface area contributed by atoms with E-state index < -0.39 is 0 Å². The molecular weight excluding hydrogens is 194 g/mol. The number of rotatable bonds is 6. The van der Waals surface area contributed by atoms with Crippen LogP contribution in [0.5, 0.6) is 0 Å². The van der Waals surface area contributed by atoms with Gasteiger partial charge in [0, 0.05) is 6.04 Å². The summed E-state index contributed by atoms with van der Waals surface area (Å²) in [6.45, 7) is 6.64. The van der Waals surface area contributed by atoms with Crippen LogP contribution >= 0.6 is 0 Å². The molecule has 0 bridgehead atoms. The molecule has 1 rings (SSSR count). The van der Waals surface area contributed by atoms with Gasteiger partial charge in [0.25, 0.3) is 0 Å². The Labute approximate surface area is 100 Å². The smallest absolute Gasteiger partial charge is 0.00420 e. The van der Waals surface area contributed by atoms with Crippen molar-refractivity contribution in [3.63, 3.8) is 0 Å². The van der Waals surface area contributed by atoms with Crippen molar-refractivity contribution in [2.75, 3.05) is 0 Å². The highest BCUT2D eigenvalue weighted by atomic mass is 14.6. The second-order valence-electron chi connectivity index (χ2n) is 5.26. The fourth-order valence-electron chi connectivity index (χ4n) is 1.80. The minimum atomic E-state index is 0.365. The van der Waals surface area contributed by atoms with Gasteiger partial charge in [0.05, 0.1) is 0 Å². The lowest BCUT2D eigenvalue weighted by Crippen LogP contribution is -2.21. The Morgan fingerprint density at radius 1 is 1.00 bits per heavy atom. The molecule has 0 radical (unpaired) electrons. The summed E-state index contributed by atoms with van der Waals surface area (Å²) in [5.74, 6) is 0.769. The van der Waals surface area contributed by atoms with E-state index in [1.807, 2.05) is 0 Å². The maximum absolute atomic E-state index is 6.10. The van der Waals surface area contributed by atoms with Crippen LogP contribution in [0.25, 0.3) is 0 Å². The van der Waals surface area contributed by atoms with E-state index in [9.17, 15) is 0 Å². The van der Waals surface area contributed by atoms with E-state index in [0.29, 0.717) is 6.04 Å². The summed E-state index contributed by atoms with van der Waals surface area (Å²) in [5, 5.41) is 0. The molecule has 0 aliphatic heterocycles. The summed E-state index contributed by atoms with van der Waals surface area (Å²) in [6.07, 6.45) is 4.62. The van der Waals surface area contributed by atoms with E-state index in [4.69, 9.17) is 5.73 Å². The average molecular weight is 219 g/mol. The highest BCUT2D eigenvalue weighted by molar-refractivity contribution is 5.21. The molecule has 1 aromatic rings. The third-order valence-electron chi connectivity index (χ3n) is 3.04. The molecule has 1 unspecified atom stereocenters. The molecule has 1 heteroatoms. The summed E-state index contributed by atoms with van der Waals surface area (Å²) >= 11 is 0. The Morgan fingerprint density at radius 2 is 1.62 bits per heavy atom. The number of nitrogens with two attached hydrogens (primary N) is 1. The largest absolute Gasteiger partial charge is 0.328 e. The third-order valence-corrected chi connectivity index (χ3v) is 3.04. The minimum Gasteiger partial charge on any atom is -0.328 e. The standard InChI is InChI=1S/C15H25N/c1-12(2)4-10-15(16)11-9-14-7-5-13(3)6-8-14/h5-8,12,15H,4,9-11,16H2,1-3H3. The zero-order valence-corrected chi connectivity index (χ0v) is 10.9. The van der Waals surface area contributed by atoms with Gasteiger partial charge in [0.1, 0.15) is 0 Å². The Morgan fingerprint density at radius 3 is 2.19 bits per heavy atom. The van der Waals surface area contributed by atoms with Crippen molar-refractivity contribution in [1.82, 2.24) is 0 Å². The molecule has 0 fully saturated rings. The molecule has 1 atom stereocenters. The zero-order valence-electron chi connectivity index (χ0n) is 10.9. The molecule has 0 spiro atoms. The number of aryl methyl sites for hydroxylation is 2. The molecule has 16 heavy (non-hydrogen) atoms. The molecule has 0 saturated carbocycles. The van der Waals surface area contributed by atoms with Gasteiger partial charge < -0.3 is 5.73 Å². The normalized spacial score (nSPS) is 13.1. The molecule has 0 aliphatic carbocycles. The third kappa shape index (κ3) is 5.32. The van der Waals surface area contributed by atoms with Crippen LogP contribution in [0.3, 0.4) is 0 Å². The first kappa shape index (κ1) is 13.2. The maximum Gasteiger partial charge on any atom is 0.00420 e. The van der Waals surface area contributed by atoms with Crippen LogP contribution in [0.1, 0.15) is 44.2 Å². The van der Waals surface area contributed by atoms with E-state index in [2.05, 4.69) is 45.0 Å². The summed E-state index contributed by atoms with van der Waals surface area (Å²) in [7, 11) is 0. The molecule has 0 aromatic heterocycles. The predicted molar refractivity (Wildman–Crippen MR) is 71.5 cm³/mol. The second-order valence-corrected chi connectivity index (χ2v) is 5.26. The molecule has 1 aromatic carbocycles. The Hall–Kier alpha value is -0.820. The van der Waals surface area contributed by atoms with E-state index in [0.717, 1.165) is 25.2 Å². The van der Waals surface area contributed by atoms with Crippen molar-refractivity contribution in [2.24, 2.45) is 11.7 Å². The lowest BCUT2D eigenvalue weighted by Gasteiger charge is -2.13.